The molecule has 2 fully saturated rings. The first kappa shape index (κ1) is 18.0. The van der Waals surface area contributed by atoms with Crippen LogP contribution in [0.3, 0.4) is 0 Å². The Kier molecular flexibility index (Phi) is 6.15. The number of para-hydroxylation sites is 1. The maximum Gasteiger partial charge on any atom is 0.191 e. The molecule has 25 heavy (non-hydrogen) atoms. The first-order valence-electron chi connectivity index (χ1n) is 9.33. The molecule has 3 N–H and O–H groups in total. The first-order chi connectivity index (χ1) is 12.2. The van der Waals surface area contributed by atoms with E-state index in [2.05, 4.69) is 51.7 Å². The van der Waals surface area contributed by atoms with Crippen molar-refractivity contribution in [1.29, 1.82) is 0 Å². The normalized spacial score (nSPS) is 23.5. The van der Waals surface area contributed by atoms with Crippen LogP contribution in [0, 0.1) is 0 Å². The molecule has 1 aromatic carbocycles. The molecule has 0 aromatic heterocycles. The van der Waals surface area contributed by atoms with Gasteiger partial charge in [-0.3, -0.25) is 4.99 Å². The molecule has 0 amide bonds. The van der Waals surface area contributed by atoms with Gasteiger partial charge in [-0.05, 0) is 25.5 Å². The minimum Gasteiger partial charge on any atom is -0.388 e. The topological polar surface area (TPSA) is 69.1 Å². The Bertz CT molecular complexity index is 558. The second-order valence-corrected chi connectivity index (χ2v) is 6.94. The van der Waals surface area contributed by atoms with Crippen LogP contribution in [-0.4, -0.2) is 62.1 Å². The summed E-state index contributed by atoms with van der Waals surface area (Å²) >= 11 is 0. The van der Waals surface area contributed by atoms with Crippen molar-refractivity contribution in [2.75, 3.05) is 44.3 Å². The van der Waals surface area contributed by atoms with E-state index in [4.69, 9.17) is 4.74 Å². The van der Waals surface area contributed by atoms with E-state index in [0.717, 1.165) is 32.0 Å². The zero-order chi connectivity index (χ0) is 17.5. The van der Waals surface area contributed by atoms with Crippen LogP contribution in [0.5, 0.6) is 0 Å². The number of guanidine groups is 1. The van der Waals surface area contributed by atoms with Crippen LogP contribution in [0.4, 0.5) is 5.69 Å². The Morgan fingerprint density at radius 1 is 1.32 bits per heavy atom. The molecule has 138 valence electrons. The van der Waals surface area contributed by atoms with Gasteiger partial charge in [0.25, 0.3) is 0 Å². The monoisotopic (exact) mass is 346 g/mol. The predicted molar refractivity (Wildman–Crippen MR) is 101 cm³/mol. The van der Waals surface area contributed by atoms with E-state index in [9.17, 15) is 5.11 Å². The molecule has 0 spiro atoms. The van der Waals surface area contributed by atoms with E-state index in [0.29, 0.717) is 38.6 Å². The average Bonchev–Trinajstić information content (AvgIpc) is 3.10. The predicted octanol–water partition coefficient (Wildman–Crippen LogP) is 1.36. The number of nitrogens with zero attached hydrogens (tertiary/aromatic N) is 2. The molecule has 1 aromatic rings. The number of aliphatic hydroxyl groups is 1. The van der Waals surface area contributed by atoms with Crippen LogP contribution < -0.4 is 15.5 Å². The second kappa shape index (κ2) is 8.54. The molecular weight excluding hydrogens is 316 g/mol. The number of rotatable bonds is 5. The van der Waals surface area contributed by atoms with Crippen LogP contribution in [0.1, 0.15) is 26.2 Å². The van der Waals surface area contributed by atoms with Gasteiger partial charge in [-0.2, -0.15) is 0 Å². The molecule has 2 saturated heterocycles. The van der Waals surface area contributed by atoms with Crippen molar-refractivity contribution in [3.05, 3.63) is 30.3 Å². The lowest BCUT2D eigenvalue weighted by Crippen LogP contribution is -2.46. The Hall–Kier alpha value is -1.79. The number of aliphatic imine (C=N–C) groups is 1. The molecule has 0 aliphatic carbocycles. The van der Waals surface area contributed by atoms with Crippen molar-refractivity contribution in [2.45, 2.75) is 37.8 Å². The molecule has 0 radical (unpaired) electrons. The quantitative estimate of drug-likeness (QED) is 0.555. The van der Waals surface area contributed by atoms with Crippen LogP contribution in [-0.2, 0) is 4.74 Å². The number of anilines is 1. The highest BCUT2D eigenvalue weighted by atomic mass is 16.5. The van der Waals surface area contributed by atoms with Gasteiger partial charge in [0.05, 0.1) is 12.1 Å². The van der Waals surface area contributed by atoms with Gasteiger partial charge in [-0.25, -0.2) is 0 Å². The SMILES string of the molecule is CCNC(=NCC1(O)CCOCC1)NC1CCN(c2ccccc2)C1. The van der Waals surface area contributed by atoms with Crippen LogP contribution in [0.15, 0.2) is 35.3 Å². The fraction of sp³-hybridized carbons (Fsp3) is 0.632. The van der Waals surface area contributed by atoms with Crippen molar-refractivity contribution in [3.8, 4) is 0 Å². The van der Waals surface area contributed by atoms with E-state index in [1.165, 1.54) is 5.69 Å². The van der Waals surface area contributed by atoms with E-state index in [1.807, 2.05) is 6.07 Å². The van der Waals surface area contributed by atoms with E-state index < -0.39 is 5.60 Å². The fourth-order valence-electron chi connectivity index (χ4n) is 3.40. The van der Waals surface area contributed by atoms with Crippen molar-refractivity contribution in [3.63, 3.8) is 0 Å². The Morgan fingerprint density at radius 3 is 2.80 bits per heavy atom. The summed E-state index contributed by atoms with van der Waals surface area (Å²) in [5, 5.41) is 17.4. The molecule has 1 atom stereocenters. The van der Waals surface area contributed by atoms with Crippen molar-refractivity contribution in [2.24, 2.45) is 4.99 Å². The van der Waals surface area contributed by atoms with E-state index >= 15 is 0 Å². The van der Waals surface area contributed by atoms with Crippen molar-refractivity contribution in [1.82, 2.24) is 10.6 Å². The third kappa shape index (κ3) is 5.09. The molecule has 0 bridgehead atoms. The van der Waals surface area contributed by atoms with Crippen molar-refractivity contribution >= 4 is 11.6 Å². The standard InChI is InChI=1S/C19H30N4O2/c1-2-20-18(21-15-19(24)9-12-25-13-10-19)22-16-8-11-23(14-16)17-6-4-3-5-7-17/h3-7,16,24H,2,8-15H2,1H3,(H2,20,21,22). The van der Waals surface area contributed by atoms with Gasteiger partial charge in [0.2, 0.25) is 0 Å². The summed E-state index contributed by atoms with van der Waals surface area (Å²) in [7, 11) is 0. The highest BCUT2D eigenvalue weighted by Crippen LogP contribution is 2.21. The van der Waals surface area contributed by atoms with Crippen LogP contribution in [0.2, 0.25) is 0 Å². The van der Waals surface area contributed by atoms with Gasteiger partial charge in [-0.15, -0.1) is 0 Å². The molecule has 2 aliphatic heterocycles. The molecule has 2 heterocycles. The van der Waals surface area contributed by atoms with Crippen LogP contribution in [0.25, 0.3) is 0 Å². The number of nitrogens with one attached hydrogen (secondary N) is 2. The average molecular weight is 346 g/mol. The van der Waals surface area contributed by atoms with Gasteiger partial charge < -0.3 is 25.4 Å². The molecule has 6 heteroatoms. The number of benzene rings is 1. The summed E-state index contributed by atoms with van der Waals surface area (Å²) in [6.45, 7) is 6.53. The molecule has 3 rings (SSSR count). The van der Waals surface area contributed by atoms with E-state index in [1.54, 1.807) is 0 Å². The summed E-state index contributed by atoms with van der Waals surface area (Å²) in [5.74, 6) is 0.794. The maximum absolute atomic E-state index is 10.6. The number of hydrogen-bond acceptors (Lipinski definition) is 4. The Balaban J connectivity index is 1.55. The lowest BCUT2D eigenvalue weighted by molar-refractivity contribution is -0.0566. The van der Waals surface area contributed by atoms with Gasteiger partial charge in [-0.1, -0.05) is 18.2 Å². The lowest BCUT2D eigenvalue weighted by atomic mass is 9.95. The lowest BCUT2D eigenvalue weighted by Gasteiger charge is -2.30. The highest BCUT2D eigenvalue weighted by molar-refractivity contribution is 5.80. The molecule has 6 nitrogen and oxygen atoms in total. The summed E-state index contributed by atoms with van der Waals surface area (Å²) in [6, 6.07) is 10.9. The molecular formula is C19H30N4O2. The van der Waals surface area contributed by atoms with Gasteiger partial charge in [0, 0.05) is 57.4 Å². The molecule has 0 saturated carbocycles. The number of hydrogen-bond donors (Lipinski definition) is 3. The van der Waals surface area contributed by atoms with Gasteiger partial charge in [0.1, 0.15) is 0 Å². The fourth-order valence-corrected chi connectivity index (χ4v) is 3.40. The number of ether oxygens (including phenoxy) is 1. The highest BCUT2D eigenvalue weighted by Gasteiger charge is 2.30. The van der Waals surface area contributed by atoms with E-state index in [-0.39, 0.29) is 0 Å². The Morgan fingerprint density at radius 2 is 2.08 bits per heavy atom. The van der Waals surface area contributed by atoms with Crippen molar-refractivity contribution < 1.29 is 9.84 Å². The molecule has 2 aliphatic rings. The maximum atomic E-state index is 10.6. The largest absolute Gasteiger partial charge is 0.388 e. The van der Waals surface area contributed by atoms with Crippen LogP contribution >= 0.6 is 0 Å². The second-order valence-electron chi connectivity index (χ2n) is 6.94. The Labute approximate surface area is 150 Å². The summed E-state index contributed by atoms with van der Waals surface area (Å²) in [6.07, 6.45) is 2.39. The minimum atomic E-state index is -0.730. The zero-order valence-corrected chi connectivity index (χ0v) is 15.1. The minimum absolute atomic E-state index is 0.363. The zero-order valence-electron chi connectivity index (χ0n) is 15.1. The third-order valence-electron chi connectivity index (χ3n) is 4.95. The summed E-state index contributed by atoms with van der Waals surface area (Å²) < 4.78 is 5.34. The first-order valence-corrected chi connectivity index (χ1v) is 9.33. The smallest absolute Gasteiger partial charge is 0.191 e. The van der Waals surface area contributed by atoms with Gasteiger partial charge >= 0.3 is 0 Å². The van der Waals surface area contributed by atoms with Gasteiger partial charge in [0.15, 0.2) is 5.96 Å². The molecule has 1 unspecified atom stereocenters. The summed E-state index contributed by atoms with van der Waals surface area (Å²) in [4.78, 5) is 7.04. The summed E-state index contributed by atoms with van der Waals surface area (Å²) in [5.41, 5.74) is 0.539. The third-order valence-corrected chi connectivity index (χ3v) is 4.95.